The van der Waals surface area contributed by atoms with Crippen LogP contribution in [0.2, 0.25) is 0 Å². The van der Waals surface area contributed by atoms with E-state index in [1.165, 1.54) is 23.6 Å². The van der Waals surface area contributed by atoms with Crippen LogP contribution < -0.4 is 10.6 Å². The largest absolute Gasteiger partial charge is 0.383 e. The van der Waals surface area contributed by atoms with Gasteiger partial charge in [-0.15, -0.1) is 0 Å². The number of nitrogens with zero attached hydrogens (tertiary/aromatic N) is 2. The van der Waals surface area contributed by atoms with Crippen molar-refractivity contribution >= 4 is 22.4 Å². The Bertz CT molecular complexity index is 640. The average Bonchev–Trinajstić information content (AvgIpc) is 3.00. The highest BCUT2D eigenvalue weighted by atomic mass is 15.2. The van der Waals surface area contributed by atoms with Crippen molar-refractivity contribution in [2.24, 2.45) is 0 Å². The maximum atomic E-state index is 6.22. The molecule has 3 nitrogen and oxygen atoms in total. The van der Waals surface area contributed by atoms with Crippen LogP contribution in [0.5, 0.6) is 0 Å². The summed E-state index contributed by atoms with van der Waals surface area (Å²) in [5.41, 5.74) is 7.36. The Kier molecular flexibility index (Phi) is 3.59. The van der Waals surface area contributed by atoms with E-state index in [1.807, 2.05) is 6.92 Å². The molecule has 2 aromatic rings. The van der Waals surface area contributed by atoms with Gasteiger partial charge in [-0.05, 0) is 31.6 Å². The third-order valence-electron chi connectivity index (χ3n) is 3.99. The van der Waals surface area contributed by atoms with Crippen molar-refractivity contribution < 1.29 is 0 Å². The molecule has 0 radical (unpaired) electrons. The highest BCUT2D eigenvalue weighted by Crippen LogP contribution is 2.32. The Hall–Kier alpha value is -2.03. The quantitative estimate of drug-likeness (QED) is 0.865. The molecule has 0 atom stereocenters. The summed E-state index contributed by atoms with van der Waals surface area (Å²) in [5, 5.41) is 2.46. The van der Waals surface area contributed by atoms with Gasteiger partial charge in [0, 0.05) is 24.0 Å². The summed E-state index contributed by atoms with van der Waals surface area (Å²) in [5.74, 6) is 1.73. The van der Waals surface area contributed by atoms with Gasteiger partial charge in [-0.2, -0.15) is 0 Å². The van der Waals surface area contributed by atoms with Crippen molar-refractivity contribution in [3.05, 3.63) is 42.0 Å². The van der Waals surface area contributed by atoms with Crippen LogP contribution in [0.15, 0.2) is 36.4 Å². The number of rotatable bonds is 3. The van der Waals surface area contributed by atoms with E-state index in [9.17, 15) is 0 Å². The Morgan fingerprint density at radius 1 is 1.20 bits per heavy atom. The lowest BCUT2D eigenvalue weighted by Gasteiger charge is -2.20. The van der Waals surface area contributed by atoms with E-state index in [0.29, 0.717) is 5.82 Å². The molecule has 0 amide bonds. The molecule has 0 bridgehead atoms. The van der Waals surface area contributed by atoms with E-state index in [2.05, 4.69) is 41.3 Å². The number of allylic oxidation sites excluding steroid dienone is 2. The lowest BCUT2D eigenvalue weighted by molar-refractivity contribution is 0.945. The van der Waals surface area contributed by atoms with Crippen molar-refractivity contribution in [2.45, 2.75) is 26.2 Å². The maximum Gasteiger partial charge on any atom is 0.138 e. The van der Waals surface area contributed by atoms with Gasteiger partial charge in [-0.1, -0.05) is 36.4 Å². The lowest BCUT2D eigenvalue weighted by Crippen LogP contribution is -2.20. The highest BCUT2D eigenvalue weighted by Gasteiger charge is 2.18. The number of hydrogen-bond acceptors (Lipinski definition) is 3. The highest BCUT2D eigenvalue weighted by molar-refractivity contribution is 5.97. The molecule has 1 aromatic heterocycles. The zero-order chi connectivity index (χ0) is 13.9. The van der Waals surface area contributed by atoms with Crippen LogP contribution in [-0.2, 0) is 6.42 Å². The second-order valence-corrected chi connectivity index (χ2v) is 5.31. The van der Waals surface area contributed by atoms with Crippen molar-refractivity contribution in [1.29, 1.82) is 0 Å². The maximum absolute atomic E-state index is 6.22. The van der Waals surface area contributed by atoms with Crippen molar-refractivity contribution in [3.63, 3.8) is 0 Å². The Balaban J connectivity index is 2.18. The van der Waals surface area contributed by atoms with Gasteiger partial charge in [0.15, 0.2) is 0 Å². The number of anilines is 2. The average molecular weight is 267 g/mol. The third-order valence-corrected chi connectivity index (χ3v) is 3.99. The number of fused-ring (bicyclic) bond motifs is 1. The first-order valence-electron chi connectivity index (χ1n) is 7.34. The molecule has 20 heavy (non-hydrogen) atoms. The molecule has 0 aliphatic carbocycles. The molecule has 0 spiro atoms. The smallest absolute Gasteiger partial charge is 0.138 e. The molecule has 1 aliphatic rings. The van der Waals surface area contributed by atoms with Gasteiger partial charge in [-0.3, -0.25) is 0 Å². The summed E-state index contributed by atoms with van der Waals surface area (Å²) in [7, 11) is 0. The minimum atomic E-state index is 0.670. The van der Waals surface area contributed by atoms with E-state index in [4.69, 9.17) is 10.7 Å². The van der Waals surface area contributed by atoms with Gasteiger partial charge >= 0.3 is 0 Å². The first kappa shape index (κ1) is 13.0. The summed E-state index contributed by atoms with van der Waals surface area (Å²) in [6, 6.07) is 8.48. The molecule has 2 N–H and O–H groups in total. The number of nitrogens with two attached hydrogens (primary N) is 1. The van der Waals surface area contributed by atoms with E-state index >= 15 is 0 Å². The Morgan fingerprint density at radius 2 is 1.90 bits per heavy atom. The molecule has 1 aromatic carbocycles. The van der Waals surface area contributed by atoms with E-state index in [1.54, 1.807) is 0 Å². The number of nitrogen functional groups attached to an aromatic ring is 1. The molecule has 104 valence electrons. The van der Waals surface area contributed by atoms with Gasteiger partial charge in [0.2, 0.25) is 0 Å². The summed E-state index contributed by atoms with van der Waals surface area (Å²) in [6.07, 6.45) is 7.53. The molecule has 0 unspecified atom stereocenters. The monoisotopic (exact) mass is 267 g/mol. The summed E-state index contributed by atoms with van der Waals surface area (Å²) < 4.78 is 0. The molecule has 1 aliphatic heterocycles. The first-order chi connectivity index (χ1) is 9.81. The number of hydrogen-bond donors (Lipinski definition) is 1. The number of pyridine rings is 1. The normalized spacial score (nSPS) is 15.6. The Labute approximate surface area is 120 Å². The number of aromatic nitrogens is 1. The SMILES string of the molecule is C/C=C/Cc1c(N)nc(N2CCCC2)c2ccccc12. The van der Waals surface area contributed by atoms with Gasteiger partial charge < -0.3 is 10.6 Å². The van der Waals surface area contributed by atoms with E-state index in [-0.39, 0.29) is 0 Å². The number of benzene rings is 1. The molecule has 2 heterocycles. The fourth-order valence-electron chi connectivity index (χ4n) is 2.94. The van der Waals surface area contributed by atoms with Crippen molar-refractivity contribution in [1.82, 2.24) is 4.98 Å². The topological polar surface area (TPSA) is 42.1 Å². The standard InChI is InChI=1S/C17H21N3/c1-2-3-8-14-13-9-4-5-10-15(13)17(19-16(14)18)20-11-6-7-12-20/h2-5,9-10H,6-8,11-12H2,1H3,(H2,18,19)/b3-2+. The summed E-state index contributed by atoms with van der Waals surface area (Å²) >= 11 is 0. The zero-order valence-electron chi connectivity index (χ0n) is 12.0. The second-order valence-electron chi connectivity index (χ2n) is 5.31. The minimum Gasteiger partial charge on any atom is -0.383 e. The van der Waals surface area contributed by atoms with Crippen LogP contribution in [0.4, 0.5) is 11.6 Å². The molecule has 3 rings (SSSR count). The van der Waals surface area contributed by atoms with Gasteiger partial charge in [0.1, 0.15) is 11.6 Å². The predicted molar refractivity (Wildman–Crippen MR) is 86.1 cm³/mol. The van der Waals surface area contributed by atoms with Gasteiger partial charge in [0.25, 0.3) is 0 Å². The fraction of sp³-hybridized carbons (Fsp3) is 0.353. The molecule has 1 fully saturated rings. The van der Waals surface area contributed by atoms with Crippen LogP contribution in [0.1, 0.15) is 25.3 Å². The van der Waals surface area contributed by atoms with E-state index < -0.39 is 0 Å². The fourth-order valence-corrected chi connectivity index (χ4v) is 2.94. The summed E-state index contributed by atoms with van der Waals surface area (Å²) in [4.78, 5) is 7.07. The lowest BCUT2D eigenvalue weighted by atomic mass is 10.0. The van der Waals surface area contributed by atoms with Crippen LogP contribution >= 0.6 is 0 Å². The Morgan fingerprint density at radius 3 is 2.60 bits per heavy atom. The van der Waals surface area contributed by atoms with Crippen molar-refractivity contribution in [2.75, 3.05) is 23.7 Å². The molecule has 0 saturated carbocycles. The van der Waals surface area contributed by atoms with Crippen LogP contribution in [0.3, 0.4) is 0 Å². The third kappa shape index (κ3) is 2.24. The predicted octanol–water partition coefficient (Wildman–Crippen LogP) is 3.54. The van der Waals surface area contributed by atoms with E-state index in [0.717, 1.165) is 30.9 Å². The molecular weight excluding hydrogens is 246 g/mol. The molecule has 3 heteroatoms. The van der Waals surface area contributed by atoms with Crippen LogP contribution in [0.25, 0.3) is 10.8 Å². The molecular formula is C17H21N3. The molecule has 1 saturated heterocycles. The van der Waals surface area contributed by atoms with Crippen molar-refractivity contribution in [3.8, 4) is 0 Å². The summed E-state index contributed by atoms with van der Waals surface area (Å²) in [6.45, 7) is 4.21. The van der Waals surface area contributed by atoms with Gasteiger partial charge in [-0.25, -0.2) is 4.98 Å². The minimum absolute atomic E-state index is 0.670. The van der Waals surface area contributed by atoms with Gasteiger partial charge in [0.05, 0.1) is 0 Å². The second kappa shape index (κ2) is 5.53. The van der Waals surface area contributed by atoms with Crippen LogP contribution in [-0.4, -0.2) is 18.1 Å². The zero-order valence-corrected chi connectivity index (χ0v) is 12.0. The first-order valence-corrected chi connectivity index (χ1v) is 7.34. The van der Waals surface area contributed by atoms with Crippen LogP contribution in [0, 0.1) is 0 Å².